The van der Waals surface area contributed by atoms with Crippen LogP contribution in [0.1, 0.15) is 6.92 Å². The van der Waals surface area contributed by atoms with Crippen LogP contribution in [0.5, 0.6) is 0 Å². The van der Waals surface area contributed by atoms with Crippen molar-refractivity contribution in [3.8, 4) is 0 Å². The Morgan fingerprint density at radius 2 is 1.88 bits per heavy atom. The fraction of sp³-hybridized carbons (Fsp3) is 0.143. The largest absolute Gasteiger partial charge is 0.143 e. The van der Waals surface area contributed by atoms with Crippen LogP contribution in [-0.2, 0) is 12.6 Å². The summed E-state index contributed by atoms with van der Waals surface area (Å²) in [5, 5.41) is 0. The van der Waals surface area contributed by atoms with E-state index >= 15 is 0 Å². The molecule has 0 aliphatic carbocycles. The Bertz CT molecular complexity index is 115. The molecule has 1 heteroatoms. The van der Waals surface area contributed by atoms with Crippen molar-refractivity contribution in [1.29, 1.82) is 0 Å². The van der Waals surface area contributed by atoms with Gasteiger partial charge in [-0.25, -0.2) is 0 Å². The van der Waals surface area contributed by atoms with Crippen molar-refractivity contribution in [3.05, 3.63) is 35.8 Å². The molecule has 0 N–H and O–H groups in total. The average molecular weight is 127 g/mol. The van der Waals surface area contributed by atoms with Crippen LogP contribution in [0.25, 0.3) is 0 Å². The topological polar surface area (TPSA) is 0 Å². The van der Waals surface area contributed by atoms with Gasteiger partial charge in [0.05, 0.1) is 0 Å². The summed E-state index contributed by atoms with van der Waals surface area (Å²) in [7, 11) is 0. The monoisotopic (exact) mass is 127 g/mol. The third kappa shape index (κ3) is 5.57. The fourth-order valence-corrected chi connectivity index (χ4v) is 0.326. The predicted molar refractivity (Wildman–Crippen MR) is 43.2 cm³/mol. The van der Waals surface area contributed by atoms with E-state index in [1.807, 2.05) is 19.1 Å². The van der Waals surface area contributed by atoms with Gasteiger partial charge in [-0.15, -0.1) is 0 Å². The first-order valence-corrected chi connectivity index (χ1v) is 2.87. The molecule has 0 nitrogen and oxygen atoms in total. The minimum absolute atomic E-state index is 0.869. The van der Waals surface area contributed by atoms with Gasteiger partial charge >= 0.3 is 0 Å². The maximum atomic E-state index is 3.68. The second-order valence-electron chi connectivity index (χ2n) is 1.70. The Labute approximate surface area is 56.0 Å². The zero-order valence-corrected chi connectivity index (χ0v) is 6.07. The summed E-state index contributed by atoms with van der Waals surface area (Å²) in [6.07, 6.45) is 3.76. The molecule has 44 valence electrons. The lowest BCUT2D eigenvalue weighted by Crippen LogP contribution is -1.63. The van der Waals surface area contributed by atoms with Crippen LogP contribution in [0.15, 0.2) is 35.8 Å². The lowest BCUT2D eigenvalue weighted by Gasteiger charge is -1.79. The number of allylic oxidation sites excluding steroid dienone is 3. The molecule has 0 radical (unpaired) electrons. The van der Waals surface area contributed by atoms with E-state index in [4.69, 9.17) is 0 Å². The van der Waals surface area contributed by atoms with Gasteiger partial charge in [0.1, 0.15) is 4.91 Å². The Kier molecular flexibility index (Phi) is 3.37. The molecule has 0 aliphatic heterocycles. The van der Waals surface area contributed by atoms with Crippen molar-refractivity contribution in [2.75, 3.05) is 0 Å². The van der Waals surface area contributed by atoms with Gasteiger partial charge in [-0.05, 0) is 32.2 Å². The number of hydrogen-bond donors (Lipinski definition) is 0. The molecule has 0 fully saturated rings. The quantitative estimate of drug-likeness (QED) is 0.391. The first-order chi connectivity index (χ1) is 3.63. The maximum Gasteiger partial charge on any atom is 0.143 e. The van der Waals surface area contributed by atoms with E-state index in [9.17, 15) is 0 Å². The van der Waals surface area contributed by atoms with Gasteiger partial charge in [-0.1, -0.05) is 18.2 Å². The number of hydrogen-bond acceptors (Lipinski definition) is 0. The van der Waals surface area contributed by atoms with Crippen molar-refractivity contribution in [3.63, 3.8) is 0 Å². The molecule has 0 aliphatic rings. The second-order valence-corrected chi connectivity index (χ2v) is 2.35. The van der Waals surface area contributed by atoms with Crippen LogP contribution in [-0.4, -0.2) is 0 Å². The van der Waals surface area contributed by atoms with Gasteiger partial charge in [0.25, 0.3) is 0 Å². The van der Waals surface area contributed by atoms with Crippen molar-refractivity contribution >= 4 is 12.6 Å². The highest BCUT2D eigenvalue weighted by Crippen LogP contribution is 1.93. The Morgan fingerprint density at radius 1 is 1.38 bits per heavy atom. The van der Waals surface area contributed by atoms with Crippen LogP contribution < -0.4 is 0 Å². The molecule has 0 bridgehead atoms. The molecule has 0 amide bonds. The van der Waals surface area contributed by atoms with E-state index in [-0.39, 0.29) is 0 Å². The molecule has 0 heterocycles. The SMILES string of the molecule is C=C(C)/C=C\C(=C)[SH2+]. The first-order valence-electron chi connectivity index (χ1n) is 2.37. The van der Waals surface area contributed by atoms with Crippen molar-refractivity contribution < 1.29 is 0 Å². The van der Waals surface area contributed by atoms with E-state index in [1.54, 1.807) is 0 Å². The molecule has 0 saturated heterocycles. The molecular formula is C7H11S+. The van der Waals surface area contributed by atoms with Gasteiger partial charge in [-0.2, -0.15) is 0 Å². The molecule has 0 saturated carbocycles. The smallest absolute Gasteiger partial charge is 0.0961 e. The summed E-state index contributed by atoms with van der Waals surface area (Å²) in [5.74, 6) is 0. The molecule has 0 aromatic rings. The van der Waals surface area contributed by atoms with E-state index in [0.717, 1.165) is 10.5 Å². The summed E-state index contributed by atoms with van der Waals surface area (Å²) >= 11 is 3.23. The predicted octanol–water partition coefficient (Wildman–Crippen LogP) is 1.64. The second kappa shape index (κ2) is 3.56. The first kappa shape index (κ1) is 7.57. The Morgan fingerprint density at radius 3 is 2.00 bits per heavy atom. The molecule has 0 atom stereocenters. The van der Waals surface area contributed by atoms with E-state index in [0.29, 0.717) is 0 Å². The maximum absolute atomic E-state index is 3.68. The minimum atomic E-state index is 0.869. The lowest BCUT2D eigenvalue weighted by atomic mass is 10.3. The zero-order valence-electron chi connectivity index (χ0n) is 5.07. The fourth-order valence-electron chi connectivity index (χ4n) is 0.243. The zero-order chi connectivity index (χ0) is 6.57. The molecule has 0 aromatic heterocycles. The van der Waals surface area contributed by atoms with Crippen molar-refractivity contribution in [1.82, 2.24) is 0 Å². The summed E-state index contributed by atoms with van der Waals surface area (Å²) in [4.78, 5) is 0.869. The minimum Gasteiger partial charge on any atom is -0.0961 e. The molecular weight excluding hydrogens is 116 g/mol. The standard InChI is InChI=1S/C7H10S/c1-6(2)4-5-7(3)8/h4-5,8H,1,3H2,2H3/p+1/b5-4-. The van der Waals surface area contributed by atoms with Gasteiger partial charge < -0.3 is 0 Å². The van der Waals surface area contributed by atoms with Gasteiger partial charge in [0.2, 0.25) is 0 Å². The summed E-state index contributed by atoms with van der Waals surface area (Å²) in [6, 6.07) is 0. The lowest BCUT2D eigenvalue weighted by molar-refractivity contribution is 1.56. The van der Waals surface area contributed by atoms with E-state index in [2.05, 4.69) is 25.8 Å². The molecule has 0 unspecified atom stereocenters. The third-order valence-electron chi connectivity index (χ3n) is 0.569. The highest BCUT2D eigenvalue weighted by atomic mass is 32.1. The van der Waals surface area contributed by atoms with Gasteiger partial charge in [0.15, 0.2) is 0 Å². The van der Waals surface area contributed by atoms with Gasteiger partial charge in [0, 0.05) is 0 Å². The average Bonchev–Trinajstić information content (AvgIpc) is 1.61. The van der Waals surface area contributed by atoms with E-state index in [1.165, 1.54) is 0 Å². The van der Waals surface area contributed by atoms with Crippen LogP contribution in [0.4, 0.5) is 0 Å². The Hall–Kier alpha value is -0.430. The van der Waals surface area contributed by atoms with Crippen LogP contribution in [0.2, 0.25) is 0 Å². The highest BCUT2D eigenvalue weighted by Gasteiger charge is 1.79. The highest BCUT2D eigenvalue weighted by molar-refractivity contribution is 7.63. The summed E-state index contributed by atoms with van der Waals surface area (Å²) in [6.45, 7) is 9.23. The van der Waals surface area contributed by atoms with E-state index < -0.39 is 0 Å². The third-order valence-corrected chi connectivity index (χ3v) is 0.736. The number of rotatable bonds is 2. The van der Waals surface area contributed by atoms with Crippen LogP contribution >= 0.6 is 0 Å². The summed E-state index contributed by atoms with van der Waals surface area (Å²) in [5.41, 5.74) is 1.03. The van der Waals surface area contributed by atoms with Gasteiger partial charge in [-0.3, -0.25) is 0 Å². The van der Waals surface area contributed by atoms with Crippen LogP contribution in [0.3, 0.4) is 0 Å². The van der Waals surface area contributed by atoms with Crippen LogP contribution in [0, 0.1) is 0 Å². The normalized spacial score (nSPS) is 9.75. The summed E-state index contributed by atoms with van der Waals surface area (Å²) < 4.78 is 0. The Balaban J connectivity index is 3.67. The molecule has 8 heavy (non-hydrogen) atoms. The van der Waals surface area contributed by atoms with Crippen molar-refractivity contribution in [2.24, 2.45) is 0 Å². The molecule has 0 rings (SSSR count). The molecule has 0 spiro atoms. The van der Waals surface area contributed by atoms with Crippen molar-refractivity contribution in [2.45, 2.75) is 6.92 Å². The molecule has 0 aromatic carbocycles.